The number of carbonyl (C=O) groups is 1. The van der Waals surface area contributed by atoms with Gasteiger partial charge in [-0.25, -0.2) is 0 Å². The smallest absolute Gasteiger partial charge is 0.224 e. The molecule has 4 heteroatoms. The van der Waals surface area contributed by atoms with Crippen molar-refractivity contribution in [1.29, 1.82) is 0 Å². The van der Waals surface area contributed by atoms with Gasteiger partial charge in [0.2, 0.25) is 5.91 Å². The van der Waals surface area contributed by atoms with Crippen LogP contribution in [0.2, 0.25) is 0 Å². The lowest BCUT2D eigenvalue weighted by Crippen LogP contribution is -2.52. The van der Waals surface area contributed by atoms with Gasteiger partial charge in [0.25, 0.3) is 0 Å². The Morgan fingerprint density at radius 2 is 2.56 bits per heavy atom. The van der Waals surface area contributed by atoms with Crippen LogP contribution >= 0.6 is 11.3 Å². The average molecular weight is 238 g/mol. The van der Waals surface area contributed by atoms with Crippen molar-refractivity contribution in [2.45, 2.75) is 38.3 Å². The molecule has 1 aliphatic heterocycles. The highest BCUT2D eigenvalue weighted by molar-refractivity contribution is 7.07. The van der Waals surface area contributed by atoms with E-state index < -0.39 is 0 Å². The summed E-state index contributed by atoms with van der Waals surface area (Å²) in [4.78, 5) is 11.8. The molecule has 3 nitrogen and oxygen atoms in total. The summed E-state index contributed by atoms with van der Waals surface area (Å²) in [7, 11) is 0. The molecule has 2 rings (SSSR count). The second-order valence-corrected chi connectivity index (χ2v) is 5.15. The van der Waals surface area contributed by atoms with Crippen LogP contribution in [0.3, 0.4) is 0 Å². The molecule has 2 N–H and O–H groups in total. The second-order valence-electron chi connectivity index (χ2n) is 4.37. The van der Waals surface area contributed by atoms with Crippen molar-refractivity contribution >= 4 is 17.2 Å². The molecule has 1 saturated heterocycles. The number of carbonyl (C=O) groups excluding carboxylic acids is 1. The number of amides is 1. The zero-order chi connectivity index (χ0) is 11.4. The molecule has 1 amide bonds. The summed E-state index contributed by atoms with van der Waals surface area (Å²) in [6.07, 6.45) is 2.74. The first-order chi connectivity index (χ1) is 7.75. The summed E-state index contributed by atoms with van der Waals surface area (Å²) in [5, 5.41) is 10.5. The molecule has 1 fully saturated rings. The van der Waals surface area contributed by atoms with Gasteiger partial charge in [-0.2, -0.15) is 11.3 Å². The van der Waals surface area contributed by atoms with E-state index in [1.165, 1.54) is 0 Å². The van der Waals surface area contributed by atoms with Crippen LogP contribution in [-0.4, -0.2) is 24.5 Å². The third-order valence-corrected chi connectivity index (χ3v) is 3.78. The monoisotopic (exact) mass is 238 g/mol. The molecule has 1 aromatic rings. The molecule has 2 atom stereocenters. The number of piperidine rings is 1. The fourth-order valence-corrected chi connectivity index (χ4v) is 2.75. The van der Waals surface area contributed by atoms with Crippen molar-refractivity contribution in [2.24, 2.45) is 0 Å². The highest BCUT2D eigenvalue weighted by Gasteiger charge is 2.22. The van der Waals surface area contributed by atoms with Gasteiger partial charge in [0.15, 0.2) is 0 Å². The first-order valence-electron chi connectivity index (χ1n) is 5.79. The highest BCUT2D eigenvalue weighted by Crippen LogP contribution is 2.10. The lowest BCUT2D eigenvalue weighted by Gasteiger charge is -2.30. The maximum atomic E-state index is 11.8. The molecular formula is C12H18N2OS. The standard InChI is InChI=1S/C12H18N2OS/c1-9-11(3-2-5-13-9)14-12(15)7-10-4-6-16-8-10/h4,6,8-9,11,13H,2-3,5,7H2,1H3,(H,14,15). The number of hydrogen-bond acceptors (Lipinski definition) is 3. The summed E-state index contributed by atoms with van der Waals surface area (Å²) in [6, 6.07) is 2.69. The van der Waals surface area contributed by atoms with Crippen molar-refractivity contribution in [2.75, 3.05) is 6.54 Å². The summed E-state index contributed by atoms with van der Waals surface area (Å²) >= 11 is 1.64. The predicted molar refractivity (Wildman–Crippen MR) is 66.7 cm³/mol. The molecule has 1 aromatic heterocycles. The van der Waals surface area contributed by atoms with Gasteiger partial charge in [0.1, 0.15) is 0 Å². The Hall–Kier alpha value is -0.870. The summed E-state index contributed by atoms with van der Waals surface area (Å²) < 4.78 is 0. The number of rotatable bonds is 3. The lowest BCUT2D eigenvalue weighted by molar-refractivity contribution is -0.121. The molecule has 0 saturated carbocycles. The van der Waals surface area contributed by atoms with E-state index in [4.69, 9.17) is 0 Å². The first kappa shape index (κ1) is 11.6. The van der Waals surface area contributed by atoms with Crippen molar-refractivity contribution in [3.8, 4) is 0 Å². The molecule has 0 aromatic carbocycles. The van der Waals surface area contributed by atoms with E-state index in [-0.39, 0.29) is 5.91 Å². The minimum absolute atomic E-state index is 0.138. The molecule has 0 bridgehead atoms. The highest BCUT2D eigenvalue weighted by atomic mass is 32.1. The summed E-state index contributed by atoms with van der Waals surface area (Å²) in [5.74, 6) is 0.138. The van der Waals surface area contributed by atoms with Crippen LogP contribution < -0.4 is 10.6 Å². The maximum Gasteiger partial charge on any atom is 0.224 e. The van der Waals surface area contributed by atoms with Gasteiger partial charge >= 0.3 is 0 Å². The minimum atomic E-state index is 0.138. The van der Waals surface area contributed by atoms with Gasteiger partial charge in [0, 0.05) is 12.1 Å². The Morgan fingerprint density at radius 1 is 1.69 bits per heavy atom. The molecule has 88 valence electrons. The average Bonchev–Trinajstić information content (AvgIpc) is 2.74. The zero-order valence-electron chi connectivity index (χ0n) is 9.53. The van der Waals surface area contributed by atoms with Gasteiger partial charge in [-0.3, -0.25) is 4.79 Å². The van der Waals surface area contributed by atoms with Crippen LogP contribution in [0, 0.1) is 0 Å². The van der Waals surface area contributed by atoms with Crippen LogP contribution in [0.4, 0.5) is 0 Å². The van der Waals surface area contributed by atoms with E-state index in [2.05, 4.69) is 17.6 Å². The van der Waals surface area contributed by atoms with E-state index in [0.29, 0.717) is 18.5 Å². The Labute approximate surface area is 100 Å². The van der Waals surface area contributed by atoms with E-state index >= 15 is 0 Å². The Balaban J connectivity index is 1.82. The quantitative estimate of drug-likeness (QED) is 0.839. The van der Waals surface area contributed by atoms with Gasteiger partial charge in [0.05, 0.1) is 6.42 Å². The van der Waals surface area contributed by atoms with Gasteiger partial charge < -0.3 is 10.6 Å². The molecule has 1 aliphatic rings. The number of hydrogen-bond donors (Lipinski definition) is 2. The SMILES string of the molecule is CC1NCCCC1NC(=O)Cc1ccsc1. The van der Waals surface area contributed by atoms with Crippen molar-refractivity contribution in [1.82, 2.24) is 10.6 Å². The maximum absolute atomic E-state index is 11.8. The van der Waals surface area contributed by atoms with E-state index in [0.717, 1.165) is 24.9 Å². The fourth-order valence-electron chi connectivity index (χ4n) is 2.08. The van der Waals surface area contributed by atoms with Crippen LogP contribution in [0.1, 0.15) is 25.3 Å². The summed E-state index contributed by atoms with van der Waals surface area (Å²) in [6.45, 7) is 3.20. The van der Waals surface area contributed by atoms with Crippen LogP contribution in [0.5, 0.6) is 0 Å². The molecule has 0 spiro atoms. The third kappa shape index (κ3) is 3.06. The van der Waals surface area contributed by atoms with Crippen molar-refractivity contribution in [3.05, 3.63) is 22.4 Å². The van der Waals surface area contributed by atoms with Crippen LogP contribution in [-0.2, 0) is 11.2 Å². The van der Waals surface area contributed by atoms with Gasteiger partial charge in [-0.15, -0.1) is 0 Å². The molecular weight excluding hydrogens is 220 g/mol. The first-order valence-corrected chi connectivity index (χ1v) is 6.74. The number of thiophene rings is 1. The Bertz CT molecular complexity index is 337. The van der Waals surface area contributed by atoms with Crippen LogP contribution in [0.25, 0.3) is 0 Å². The predicted octanol–water partition coefficient (Wildman–Crippen LogP) is 1.55. The Morgan fingerprint density at radius 3 is 3.25 bits per heavy atom. The summed E-state index contributed by atoms with van der Waals surface area (Å²) in [5.41, 5.74) is 1.11. The van der Waals surface area contributed by atoms with Crippen molar-refractivity contribution in [3.63, 3.8) is 0 Å². The molecule has 0 aliphatic carbocycles. The Kier molecular flexibility index (Phi) is 3.96. The zero-order valence-corrected chi connectivity index (χ0v) is 10.3. The largest absolute Gasteiger partial charge is 0.352 e. The topological polar surface area (TPSA) is 41.1 Å². The second kappa shape index (κ2) is 5.46. The van der Waals surface area contributed by atoms with Gasteiger partial charge in [-0.05, 0) is 48.7 Å². The van der Waals surface area contributed by atoms with Crippen molar-refractivity contribution < 1.29 is 4.79 Å². The fraction of sp³-hybridized carbons (Fsp3) is 0.583. The normalized spacial score (nSPS) is 25.3. The third-order valence-electron chi connectivity index (χ3n) is 3.05. The molecule has 2 unspecified atom stereocenters. The minimum Gasteiger partial charge on any atom is -0.352 e. The van der Waals surface area contributed by atoms with Crippen LogP contribution in [0.15, 0.2) is 16.8 Å². The van der Waals surface area contributed by atoms with E-state index in [1.54, 1.807) is 11.3 Å². The van der Waals surface area contributed by atoms with Gasteiger partial charge in [-0.1, -0.05) is 0 Å². The van der Waals surface area contributed by atoms with E-state index in [1.807, 2.05) is 16.8 Å². The molecule has 0 radical (unpaired) electrons. The molecule has 16 heavy (non-hydrogen) atoms. The molecule has 2 heterocycles. The lowest BCUT2D eigenvalue weighted by atomic mass is 9.99. The van der Waals surface area contributed by atoms with E-state index in [9.17, 15) is 4.79 Å². The number of nitrogens with one attached hydrogen (secondary N) is 2.